The average Bonchev–Trinajstić information content (AvgIpc) is 3.06. The molecule has 1 aromatic carbocycles. The Morgan fingerprint density at radius 1 is 1.47 bits per heavy atom. The predicted octanol–water partition coefficient (Wildman–Crippen LogP) is 1.26. The first kappa shape index (κ1) is 11.8. The molecule has 0 radical (unpaired) electrons. The summed E-state index contributed by atoms with van der Waals surface area (Å²) in [5.41, 5.74) is 0.261. The summed E-state index contributed by atoms with van der Waals surface area (Å²) in [5.74, 6) is 0.454. The number of fused-ring (bicyclic) bond motifs is 1. The van der Waals surface area contributed by atoms with E-state index < -0.39 is 4.92 Å². The quantitative estimate of drug-likeness (QED) is 0.654. The highest BCUT2D eigenvalue weighted by atomic mass is 16.6. The molecule has 3 rings (SSSR count). The van der Waals surface area contributed by atoms with Gasteiger partial charge in [0.2, 0.25) is 5.52 Å². The zero-order chi connectivity index (χ0) is 13.2. The van der Waals surface area contributed by atoms with Crippen LogP contribution in [0.1, 0.15) is 12.8 Å². The van der Waals surface area contributed by atoms with Crippen molar-refractivity contribution < 1.29 is 14.3 Å². The molecular formula is C11H12N4O4. The Balaban J connectivity index is 1.85. The van der Waals surface area contributed by atoms with Gasteiger partial charge in [-0.1, -0.05) is 0 Å². The normalized spacial score (nSPS) is 18.8. The number of non-ortho nitro benzene ring substituents is 1. The third-order valence-electron chi connectivity index (χ3n) is 3.16. The Morgan fingerprint density at radius 3 is 3.05 bits per heavy atom. The zero-order valence-corrected chi connectivity index (χ0v) is 10.0. The van der Waals surface area contributed by atoms with Crippen molar-refractivity contribution in [3.05, 3.63) is 22.2 Å². The lowest BCUT2D eigenvalue weighted by Crippen LogP contribution is -2.28. The van der Waals surface area contributed by atoms with E-state index in [-0.39, 0.29) is 16.7 Å². The van der Waals surface area contributed by atoms with Gasteiger partial charge in [-0.3, -0.25) is 10.1 Å². The second kappa shape index (κ2) is 4.81. The Labute approximate surface area is 107 Å². The largest absolute Gasteiger partial charge is 0.489 e. The molecule has 1 atom stereocenters. The summed E-state index contributed by atoms with van der Waals surface area (Å²) in [6, 6.07) is 3.19. The van der Waals surface area contributed by atoms with E-state index in [9.17, 15) is 10.1 Å². The maximum atomic E-state index is 10.8. The van der Waals surface area contributed by atoms with E-state index >= 15 is 0 Å². The fraction of sp³-hybridized carbons (Fsp3) is 0.455. The third-order valence-corrected chi connectivity index (χ3v) is 3.16. The van der Waals surface area contributed by atoms with Gasteiger partial charge in [0.1, 0.15) is 6.61 Å². The molecule has 8 nitrogen and oxygen atoms in total. The van der Waals surface area contributed by atoms with Gasteiger partial charge in [-0.2, -0.15) is 0 Å². The van der Waals surface area contributed by atoms with Gasteiger partial charge < -0.3 is 10.1 Å². The maximum Gasteiger partial charge on any atom is 0.301 e. The van der Waals surface area contributed by atoms with E-state index in [1.807, 2.05) is 0 Å². The van der Waals surface area contributed by atoms with Crippen molar-refractivity contribution in [2.45, 2.75) is 18.9 Å². The van der Waals surface area contributed by atoms with Crippen LogP contribution in [0.2, 0.25) is 0 Å². The summed E-state index contributed by atoms with van der Waals surface area (Å²) in [4.78, 5) is 10.3. The van der Waals surface area contributed by atoms with Crippen LogP contribution in [0.25, 0.3) is 11.0 Å². The maximum absolute atomic E-state index is 10.8. The highest BCUT2D eigenvalue weighted by Gasteiger charge is 2.21. The van der Waals surface area contributed by atoms with Crippen molar-refractivity contribution in [3.63, 3.8) is 0 Å². The van der Waals surface area contributed by atoms with Crippen LogP contribution in [0.15, 0.2) is 16.8 Å². The van der Waals surface area contributed by atoms with Crippen molar-refractivity contribution in [1.82, 2.24) is 15.6 Å². The summed E-state index contributed by atoms with van der Waals surface area (Å²) in [6.07, 6.45) is 2.20. The minimum absolute atomic E-state index is 0.113. The molecule has 1 aromatic heterocycles. The number of hydrogen-bond donors (Lipinski definition) is 1. The fourth-order valence-electron chi connectivity index (χ4n) is 2.18. The first-order chi connectivity index (χ1) is 9.25. The molecule has 19 heavy (non-hydrogen) atoms. The fourth-order valence-corrected chi connectivity index (χ4v) is 2.18. The van der Waals surface area contributed by atoms with Crippen LogP contribution in [0.5, 0.6) is 5.75 Å². The van der Waals surface area contributed by atoms with Crippen molar-refractivity contribution in [2.24, 2.45) is 0 Å². The summed E-state index contributed by atoms with van der Waals surface area (Å²) < 4.78 is 10.2. The second-order valence-electron chi connectivity index (χ2n) is 4.41. The van der Waals surface area contributed by atoms with Gasteiger partial charge in [-0.15, -0.1) is 0 Å². The van der Waals surface area contributed by atoms with Gasteiger partial charge in [-0.25, -0.2) is 4.63 Å². The lowest BCUT2D eigenvalue weighted by molar-refractivity contribution is -0.383. The van der Waals surface area contributed by atoms with E-state index in [1.54, 1.807) is 0 Å². The van der Waals surface area contributed by atoms with Crippen LogP contribution < -0.4 is 10.1 Å². The first-order valence-electron chi connectivity index (χ1n) is 6.01. The van der Waals surface area contributed by atoms with Gasteiger partial charge >= 0.3 is 5.69 Å². The topological polar surface area (TPSA) is 103 Å². The lowest BCUT2D eigenvalue weighted by atomic mass is 10.2. The van der Waals surface area contributed by atoms with Gasteiger partial charge in [0, 0.05) is 12.1 Å². The summed E-state index contributed by atoms with van der Waals surface area (Å²) in [5, 5.41) is 21.4. The van der Waals surface area contributed by atoms with Crippen LogP contribution in [-0.4, -0.2) is 34.4 Å². The highest BCUT2D eigenvalue weighted by Crippen LogP contribution is 2.30. The van der Waals surface area contributed by atoms with E-state index in [0.717, 1.165) is 19.4 Å². The van der Waals surface area contributed by atoms with E-state index in [4.69, 9.17) is 4.74 Å². The number of rotatable bonds is 4. The number of ether oxygens (including phenoxy) is 1. The summed E-state index contributed by atoms with van der Waals surface area (Å²) >= 11 is 0. The highest BCUT2D eigenvalue weighted by molar-refractivity contribution is 5.88. The lowest BCUT2D eigenvalue weighted by Gasteiger charge is -2.11. The molecule has 2 heterocycles. The van der Waals surface area contributed by atoms with Gasteiger partial charge in [0.15, 0.2) is 11.3 Å². The van der Waals surface area contributed by atoms with Crippen LogP contribution >= 0.6 is 0 Å². The van der Waals surface area contributed by atoms with Crippen molar-refractivity contribution in [2.75, 3.05) is 13.2 Å². The molecule has 0 amide bonds. The standard InChI is InChI=1S/C11H12N4O4/c16-15(17)8-3-4-9(11-10(8)13-19-14-11)18-6-7-2-1-5-12-7/h3-4,7,12H,1-2,5-6H2. The number of nitrogens with one attached hydrogen (secondary N) is 1. The molecule has 8 heteroatoms. The van der Waals surface area contributed by atoms with E-state index in [0.29, 0.717) is 18.4 Å². The minimum Gasteiger partial charge on any atom is -0.489 e. The van der Waals surface area contributed by atoms with Crippen molar-refractivity contribution in [3.8, 4) is 5.75 Å². The molecule has 100 valence electrons. The minimum atomic E-state index is -0.519. The molecule has 0 saturated carbocycles. The Bertz CT molecular complexity index is 606. The Kier molecular flexibility index (Phi) is 3.00. The molecule has 1 fully saturated rings. The monoisotopic (exact) mass is 264 g/mol. The van der Waals surface area contributed by atoms with Gasteiger partial charge in [0.05, 0.1) is 4.92 Å². The SMILES string of the molecule is O=[N+]([O-])c1ccc(OCC2CCCN2)c2nonc12. The molecule has 0 bridgehead atoms. The third kappa shape index (κ3) is 2.22. The van der Waals surface area contributed by atoms with Gasteiger partial charge in [-0.05, 0) is 35.8 Å². The van der Waals surface area contributed by atoms with E-state index in [1.165, 1.54) is 12.1 Å². The van der Waals surface area contributed by atoms with Crippen LogP contribution in [0.4, 0.5) is 5.69 Å². The second-order valence-corrected chi connectivity index (χ2v) is 4.41. The summed E-state index contributed by atoms with van der Waals surface area (Å²) in [7, 11) is 0. The number of hydrogen-bond acceptors (Lipinski definition) is 7. The number of nitrogens with zero attached hydrogens (tertiary/aromatic N) is 3. The number of benzene rings is 1. The number of nitro groups is 1. The molecule has 1 saturated heterocycles. The molecule has 0 spiro atoms. The van der Waals surface area contributed by atoms with Crippen LogP contribution in [0, 0.1) is 10.1 Å². The first-order valence-corrected chi connectivity index (χ1v) is 6.01. The van der Waals surface area contributed by atoms with Crippen molar-refractivity contribution in [1.29, 1.82) is 0 Å². The number of aromatic nitrogens is 2. The van der Waals surface area contributed by atoms with Crippen molar-refractivity contribution >= 4 is 16.7 Å². The smallest absolute Gasteiger partial charge is 0.301 e. The predicted molar refractivity (Wildman–Crippen MR) is 65.0 cm³/mol. The van der Waals surface area contributed by atoms with Crippen LogP contribution in [0.3, 0.4) is 0 Å². The molecule has 2 aromatic rings. The average molecular weight is 264 g/mol. The van der Waals surface area contributed by atoms with Crippen LogP contribution in [-0.2, 0) is 0 Å². The van der Waals surface area contributed by atoms with E-state index in [2.05, 4.69) is 20.3 Å². The number of nitro benzene ring substituents is 1. The molecular weight excluding hydrogens is 252 g/mol. The molecule has 1 N–H and O–H groups in total. The zero-order valence-electron chi connectivity index (χ0n) is 10.0. The summed E-state index contributed by atoms with van der Waals surface area (Å²) in [6.45, 7) is 1.50. The molecule has 1 unspecified atom stereocenters. The molecule has 1 aliphatic heterocycles. The molecule has 0 aliphatic carbocycles. The Hall–Kier alpha value is -2.22. The van der Waals surface area contributed by atoms with Gasteiger partial charge in [0.25, 0.3) is 0 Å². The molecule has 1 aliphatic rings. The Morgan fingerprint density at radius 2 is 2.32 bits per heavy atom.